The van der Waals surface area contributed by atoms with Gasteiger partial charge in [-0.15, -0.1) is 21.5 Å². The monoisotopic (exact) mass is 499 g/mol. The van der Waals surface area contributed by atoms with Gasteiger partial charge in [0.25, 0.3) is 0 Å². The molecule has 0 aliphatic heterocycles. The van der Waals surface area contributed by atoms with Gasteiger partial charge >= 0.3 is 0 Å². The van der Waals surface area contributed by atoms with Gasteiger partial charge in [-0.3, -0.25) is 4.79 Å². The second kappa shape index (κ2) is 10.8. The van der Waals surface area contributed by atoms with Gasteiger partial charge in [-0.05, 0) is 26.0 Å². The molecule has 1 N–H and O–H groups in total. The molecule has 2 heterocycles. The van der Waals surface area contributed by atoms with E-state index in [0.29, 0.717) is 33.4 Å². The third-order valence-corrected chi connectivity index (χ3v) is 6.75. The van der Waals surface area contributed by atoms with E-state index in [1.165, 1.54) is 23.1 Å². The van der Waals surface area contributed by atoms with E-state index < -0.39 is 0 Å². The molecule has 1 atom stereocenters. The van der Waals surface area contributed by atoms with E-state index in [2.05, 4.69) is 20.5 Å². The fraction of sp³-hybridized carbons (Fsp3) is 0.217. The number of anilines is 1. The topological polar surface area (TPSA) is 81.9 Å². The Morgan fingerprint density at radius 1 is 1.18 bits per heavy atom. The molecule has 33 heavy (non-hydrogen) atoms. The highest BCUT2D eigenvalue weighted by Crippen LogP contribution is 2.30. The number of halogens is 1. The van der Waals surface area contributed by atoms with Gasteiger partial charge in [0.1, 0.15) is 5.75 Å². The van der Waals surface area contributed by atoms with E-state index in [-0.39, 0.29) is 17.8 Å². The Bertz CT molecular complexity index is 1230. The van der Waals surface area contributed by atoms with Gasteiger partial charge in [0.05, 0.1) is 16.5 Å². The zero-order chi connectivity index (χ0) is 23.2. The van der Waals surface area contributed by atoms with Gasteiger partial charge in [0.2, 0.25) is 5.91 Å². The minimum absolute atomic E-state index is 0.151. The highest BCUT2D eigenvalue weighted by Gasteiger charge is 2.20. The van der Waals surface area contributed by atoms with Crippen molar-refractivity contribution < 1.29 is 9.53 Å². The Balaban J connectivity index is 1.36. The number of carbonyl (C=O) groups excluding carboxylic acids is 1. The number of nitrogens with one attached hydrogen (secondary N) is 1. The molecule has 170 valence electrons. The van der Waals surface area contributed by atoms with Gasteiger partial charge in [0.15, 0.2) is 22.2 Å². The number of amides is 1. The van der Waals surface area contributed by atoms with Crippen molar-refractivity contribution in [1.29, 1.82) is 0 Å². The normalized spacial score (nSPS) is 11.8. The van der Waals surface area contributed by atoms with Crippen LogP contribution in [0.25, 0.3) is 11.3 Å². The number of ether oxygens (including phenoxy) is 1. The van der Waals surface area contributed by atoms with Crippen molar-refractivity contribution in [2.45, 2.75) is 31.7 Å². The lowest BCUT2D eigenvalue weighted by atomic mass is 10.2. The molecule has 0 saturated carbocycles. The fourth-order valence-corrected chi connectivity index (χ4v) is 4.87. The lowest BCUT2D eigenvalue weighted by Gasteiger charge is -2.16. The summed E-state index contributed by atoms with van der Waals surface area (Å²) in [5.41, 5.74) is 1.85. The first-order chi connectivity index (χ1) is 16.0. The average Bonchev–Trinajstić information content (AvgIpc) is 3.46. The van der Waals surface area contributed by atoms with Crippen LogP contribution in [0.2, 0.25) is 5.02 Å². The zero-order valence-corrected chi connectivity index (χ0v) is 20.5. The predicted molar refractivity (Wildman–Crippen MR) is 133 cm³/mol. The minimum Gasteiger partial charge on any atom is -0.481 e. The average molecular weight is 500 g/mol. The van der Waals surface area contributed by atoms with Crippen molar-refractivity contribution in [2.24, 2.45) is 0 Å². The summed E-state index contributed by atoms with van der Waals surface area (Å²) < 4.78 is 7.92. The number of carbonyl (C=O) groups is 1. The third kappa shape index (κ3) is 5.73. The molecule has 7 nitrogen and oxygen atoms in total. The predicted octanol–water partition coefficient (Wildman–Crippen LogP) is 5.95. The Kier molecular flexibility index (Phi) is 7.64. The number of nitrogens with zero attached hydrogens (tertiary/aromatic N) is 4. The summed E-state index contributed by atoms with van der Waals surface area (Å²) in [6.45, 7) is 4.54. The maximum Gasteiger partial charge on any atom is 0.236 e. The van der Waals surface area contributed by atoms with E-state index >= 15 is 0 Å². The number of hydrogen-bond acceptors (Lipinski definition) is 7. The molecule has 0 aliphatic rings. The lowest BCUT2D eigenvalue weighted by molar-refractivity contribution is -0.113. The molecular weight excluding hydrogens is 478 g/mol. The maximum absolute atomic E-state index is 12.5. The smallest absolute Gasteiger partial charge is 0.236 e. The van der Waals surface area contributed by atoms with Crippen LogP contribution in [0, 0.1) is 0 Å². The molecule has 0 unspecified atom stereocenters. The largest absolute Gasteiger partial charge is 0.481 e. The van der Waals surface area contributed by atoms with Crippen LogP contribution in [0.1, 0.15) is 25.8 Å². The second-order valence-electron chi connectivity index (χ2n) is 7.02. The summed E-state index contributed by atoms with van der Waals surface area (Å²) in [4.78, 5) is 17.0. The Morgan fingerprint density at radius 2 is 1.94 bits per heavy atom. The van der Waals surface area contributed by atoms with E-state index in [1.807, 2.05) is 72.3 Å². The van der Waals surface area contributed by atoms with Crippen LogP contribution in [0.5, 0.6) is 5.75 Å². The Hall–Kier alpha value is -2.88. The van der Waals surface area contributed by atoms with Crippen molar-refractivity contribution in [3.8, 4) is 17.0 Å². The molecule has 2 aromatic heterocycles. The zero-order valence-electron chi connectivity index (χ0n) is 18.1. The van der Waals surface area contributed by atoms with Crippen LogP contribution >= 0.6 is 34.7 Å². The van der Waals surface area contributed by atoms with Crippen LogP contribution in [0.4, 0.5) is 5.13 Å². The first-order valence-corrected chi connectivity index (χ1v) is 12.6. The molecule has 4 aromatic rings. The number of rotatable bonds is 9. The van der Waals surface area contributed by atoms with E-state index in [1.54, 1.807) is 6.07 Å². The number of thioether (sulfide) groups is 1. The van der Waals surface area contributed by atoms with Crippen LogP contribution in [-0.2, 0) is 11.3 Å². The highest BCUT2D eigenvalue weighted by molar-refractivity contribution is 7.99. The van der Waals surface area contributed by atoms with Crippen molar-refractivity contribution in [1.82, 2.24) is 19.7 Å². The van der Waals surface area contributed by atoms with Gasteiger partial charge in [-0.25, -0.2) is 4.98 Å². The maximum atomic E-state index is 12.5. The highest BCUT2D eigenvalue weighted by atomic mass is 35.5. The molecule has 1 amide bonds. The van der Waals surface area contributed by atoms with Crippen LogP contribution in [0.3, 0.4) is 0 Å². The number of aromatic nitrogens is 4. The summed E-state index contributed by atoms with van der Waals surface area (Å²) in [5, 5.41) is 15.1. The van der Waals surface area contributed by atoms with Gasteiger partial charge < -0.3 is 14.6 Å². The van der Waals surface area contributed by atoms with E-state index in [9.17, 15) is 4.79 Å². The molecule has 10 heteroatoms. The quantitative estimate of drug-likeness (QED) is 0.287. The summed E-state index contributed by atoms with van der Waals surface area (Å²) in [6.07, 6.45) is -0.354. The minimum atomic E-state index is -0.354. The van der Waals surface area contributed by atoms with Crippen molar-refractivity contribution in [3.63, 3.8) is 0 Å². The molecular formula is C23H22ClN5O2S2. The van der Waals surface area contributed by atoms with E-state index in [4.69, 9.17) is 16.3 Å². The van der Waals surface area contributed by atoms with Crippen LogP contribution in [0.15, 0.2) is 65.1 Å². The fourth-order valence-electron chi connectivity index (χ4n) is 3.15. The Morgan fingerprint density at radius 3 is 2.70 bits per heavy atom. The standard InChI is InChI=1S/C23H22ClN5O2S2/c1-3-29-21(15(2)31-19-12-8-7-11-17(19)24)27-28-23(29)33-14-20(30)26-22-25-18(13-32-22)16-9-5-4-6-10-16/h4-13,15H,3,14H2,1-2H3,(H,25,26,30)/t15-/m1/s1. The first-order valence-electron chi connectivity index (χ1n) is 10.3. The number of hydrogen-bond donors (Lipinski definition) is 1. The molecule has 0 aliphatic carbocycles. The van der Waals surface area contributed by atoms with Crippen molar-refractivity contribution >= 4 is 45.7 Å². The van der Waals surface area contributed by atoms with Gasteiger partial charge in [-0.1, -0.05) is 65.8 Å². The summed E-state index contributed by atoms with van der Waals surface area (Å²) in [6, 6.07) is 17.2. The summed E-state index contributed by atoms with van der Waals surface area (Å²) >= 11 is 8.92. The molecule has 0 saturated heterocycles. The van der Waals surface area contributed by atoms with Crippen LogP contribution < -0.4 is 10.1 Å². The SMILES string of the molecule is CCn1c(SCC(=O)Nc2nc(-c3ccccc3)cs2)nnc1[C@@H](C)Oc1ccccc1Cl. The van der Waals surface area contributed by atoms with Crippen molar-refractivity contribution in [2.75, 3.05) is 11.1 Å². The molecule has 0 fully saturated rings. The van der Waals surface area contributed by atoms with Crippen LogP contribution in [-0.4, -0.2) is 31.4 Å². The Labute approximate surface area is 205 Å². The number of para-hydroxylation sites is 1. The molecule has 0 radical (unpaired) electrons. The summed E-state index contributed by atoms with van der Waals surface area (Å²) in [7, 11) is 0. The van der Waals surface area contributed by atoms with Gasteiger partial charge in [0, 0.05) is 17.5 Å². The first kappa shape index (κ1) is 23.3. The molecule has 2 aromatic carbocycles. The van der Waals surface area contributed by atoms with E-state index in [0.717, 1.165) is 11.3 Å². The molecule has 4 rings (SSSR count). The number of benzene rings is 2. The van der Waals surface area contributed by atoms with Crippen molar-refractivity contribution in [3.05, 3.63) is 70.8 Å². The number of thiazole rings is 1. The lowest BCUT2D eigenvalue weighted by Crippen LogP contribution is -2.15. The molecule has 0 bridgehead atoms. The van der Waals surface area contributed by atoms with Gasteiger partial charge in [-0.2, -0.15) is 0 Å². The third-order valence-electron chi connectivity index (χ3n) is 4.72. The summed E-state index contributed by atoms with van der Waals surface area (Å²) in [5.74, 6) is 1.30. The second-order valence-corrected chi connectivity index (χ2v) is 9.22. The molecule has 0 spiro atoms.